The Kier molecular flexibility index (Phi) is 7.70. The van der Waals surface area contributed by atoms with E-state index in [0.29, 0.717) is 24.0 Å². The fourth-order valence-corrected chi connectivity index (χ4v) is 2.71. The maximum Gasteiger partial charge on any atom is 0.326 e. The normalized spacial score (nSPS) is 15.1. The average molecular weight is 391 g/mol. The van der Waals surface area contributed by atoms with Gasteiger partial charge in [-0.05, 0) is 19.2 Å². The molecule has 0 unspecified atom stereocenters. The predicted molar refractivity (Wildman–Crippen MR) is 108 cm³/mol. The van der Waals surface area contributed by atoms with Crippen molar-refractivity contribution in [1.82, 2.24) is 25.5 Å². The van der Waals surface area contributed by atoms with Crippen molar-refractivity contribution in [3.05, 3.63) is 17.5 Å². The minimum absolute atomic E-state index is 0.0114. The Balaban J connectivity index is 2.30. The Morgan fingerprint density at radius 1 is 1.04 bits per heavy atom. The van der Waals surface area contributed by atoms with Crippen molar-refractivity contribution in [3.63, 3.8) is 0 Å². The summed E-state index contributed by atoms with van der Waals surface area (Å²) in [5.41, 5.74) is 0.628. The minimum Gasteiger partial charge on any atom is -0.395 e. The first-order valence-electron chi connectivity index (χ1n) is 9.36. The number of nitrogens with one attached hydrogen (secondary N) is 2. The summed E-state index contributed by atoms with van der Waals surface area (Å²) < 4.78 is 0. The lowest BCUT2D eigenvalue weighted by molar-refractivity contribution is -0.115. The summed E-state index contributed by atoms with van der Waals surface area (Å²) in [5.74, 6) is 0.627. The van der Waals surface area contributed by atoms with Crippen LogP contribution in [0.15, 0.2) is 11.8 Å². The van der Waals surface area contributed by atoms with Gasteiger partial charge in [0.25, 0.3) is 5.91 Å². The molecular weight excluding hydrogens is 362 g/mol. The number of urea groups is 1. The lowest BCUT2D eigenvalue weighted by Gasteiger charge is -2.25. The molecule has 3 amide bonds. The molecule has 0 atom stereocenters. The summed E-state index contributed by atoms with van der Waals surface area (Å²) in [6, 6.07) is 1.15. The highest BCUT2D eigenvalue weighted by Crippen LogP contribution is 2.18. The maximum atomic E-state index is 11.8. The van der Waals surface area contributed by atoms with E-state index in [4.69, 9.17) is 0 Å². The van der Waals surface area contributed by atoms with Gasteiger partial charge in [-0.2, -0.15) is 4.98 Å². The van der Waals surface area contributed by atoms with Gasteiger partial charge in [0.15, 0.2) is 0 Å². The van der Waals surface area contributed by atoms with E-state index < -0.39 is 11.9 Å². The molecule has 1 aromatic rings. The molecule has 0 bridgehead atoms. The molecule has 1 aliphatic heterocycles. The molecule has 1 aliphatic rings. The van der Waals surface area contributed by atoms with Crippen molar-refractivity contribution in [1.29, 1.82) is 0 Å². The highest BCUT2D eigenvalue weighted by molar-refractivity contribution is 6.13. The van der Waals surface area contributed by atoms with Crippen molar-refractivity contribution in [2.24, 2.45) is 0 Å². The smallest absolute Gasteiger partial charge is 0.326 e. The zero-order chi connectivity index (χ0) is 20.7. The largest absolute Gasteiger partial charge is 0.395 e. The number of carbonyl (C=O) groups excluding carboxylic acids is 2. The molecule has 2 heterocycles. The summed E-state index contributed by atoms with van der Waals surface area (Å²) >= 11 is 0. The van der Waals surface area contributed by atoms with Crippen molar-refractivity contribution in [2.75, 3.05) is 63.2 Å². The summed E-state index contributed by atoms with van der Waals surface area (Å²) in [6.07, 6.45) is 1.51. The molecule has 10 heteroatoms. The molecule has 0 radical (unpaired) electrons. The number of hydrogen-bond acceptors (Lipinski definition) is 8. The Bertz CT molecular complexity index is 734. The number of nitrogens with zero attached hydrogens (tertiary/aromatic N) is 5. The van der Waals surface area contributed by atoms with Crippen LogP contribution < -0.4 is 20.4 Å². The Labute approximate surface area is 165 Å². The second-order valence-corrected chi connectivity index (χ2v) is 6.51. The van der Waals surface area contributed by atoms with Crippen molar-refractivity contribution >= 4 is 29.8 Å². The number of hydrogen-bond donors (Lipinski definition) is 3. The summed E-state index contributed by atoms with van der Waals surface area (Å²) in [5, 5.41) is 13.9. The van der Waals surface area contributed by atoms with Crippen LogP contribution in [0.5, 0.6) is 0 Å². The zero-order valence-electron chi connectivity index (χ0n) is 16.9. The van der Waals surface area contributed by atoms with E-state index in [1.807, 2.05) is 19.0 Å². The van der Waals surface area contributed by atoms with Gasteiger partial charge in [0, 0.05) is 39.8 Å². The van der Waals surface area contributed by atoms with Crippen LogP contribution in [-0.4, -0.2) is 85.3 Å². The zero-order valence-corrected chi connectivity index (χ0v) is 16.9. The summed E-state index contributed by atoms with van der Waals surface area (Å²) in [4.78, 5) is 38.3. The van der Waals surface area contributed by atoms with Gasteiger partial charge in [-0.1, -0.05) is 13.8 Å². The number of aliphatic hydroxyl groups excluding tert-OH is 1. The fourth-order valence-electron chi connectivity index (χ4n) is 2.71. The van der Waals surface area contributed by atoms with Crippen LogP contribution in [0.25, 0.3) is 6.08 Å². The summed E-state index contributed by atoms with van der Waals surface area (Å²) in [6.45, 7) is 8.19. The minimum atomic E-state index is -0.556. The summed E-state index contributed by atoms with van der Waals surface area (Å²) in [7, 11) is 3.73. The third kappa shape index (κ3) is 5.64. The molecule has 0 spiro atoms. The Morgan fingerprint density at radius 2 is 1.75 bits per heavy atom. The van der Waals surface area contributed by atoms with Gasteiger partial charge in [-0.3, -0.25) is 10.1 Å². The molecule has 0 aliphatic carbocycles. The molecule has 1 aromatic heterocycles. The van der Waals surface area contributed by atoms with Crippen molar-refractivity contribution < 1.29 is 14.7 Å². The van der Waals surface area contributed by atoms with Gasteiger partial charge in [0.05, 0.1) is 12.3 Å². The van der Waals surface area contributed by atoms with E-state index in [9.17, 15) is 14.7 Å². The fraction of sp³-hybridized carbons (Fsp3) is 0.556. The standard InChI is InChI=1S/C18H29N7O3/c1-5-25(6-2)8-7-24(4)17-19-13(11-14-16(27)22-18(28)20-14)12-15(21-17)23(3)9-10-26/h11-12,26H,5-10H2,1-4H3,(H2,20,22,27,28)/b14-11+. The van der Waals surface area contributed by atoms with Gasteiger partial charge in [0.1, 0.15) is 11.5 Å². The first-order chi connectivity index (χ1) is 13.4. The molecule has 1 fully saturated rings. The number of carbonyl (C=O) groups is 2. The van der Waals surface area contributed by atoms with E-state index in [-0.39, 0.29) is 12.3 Å². The van der Waals surface area contributed by atoms with Gasteiger partial charge in [-0.25, -0.2) is 9.78 Å². The second kappa shape index (κ2) is 10.00. The third-order valence-corrected chi connectivity index (χ3v) is 4.55. The van der Waals surface area contributed by atoms with Gasteiger partial charge in [0.2, 0.25) is 5.95 Å². The van der Waals surface area contributed by atoms with Crippen LogP contribution in [0.1, 0.15) is 19.5 Å². The molecule has 0 saturated carbocycles. The van der Waals surface area contributed by atoms with Crippen molar-refractivity contribution in [2.45, 2.75) is 13.8 Å². The number of imide groups is 1. The number of anilines is 2. The first kappa shape index (κ1) is 21.6. The Hall–Kier alpha value is -2.72. The maximum absolute atomic E-state index is 11.8. The van der Waals surface area contributed by atoms with E-state index in [2.05, 4.69) is 39.3 Å². The molecular formula is C18H29N7O3. The molecule has 2 rings (SSSR count). The SMILES string of the molecule is CCN(CC)CCN(C)c1nc(/C=C2/NC(=O)NC2=O)cc(N(C)CCO)n1. The van der Waals surface area contributed by atoms with Gasteiger partial charge < -0.3 is 25.1 Å². The monoisotopic (exact) mass is 391 g/mol. The van der Waals surface area contributed by atoms with Crippen LogP contribution in [0.3, 0.4) is 0 Å². The predicted octanol–water partition coefficient (Wildman–Crippen LogP) is -0.137. The van der Waals surface area contributed by atoms with E-state index >= 15 is 0 Å². The molecule has 154 valence electrons. The number of likely N-dealkylation sites (N-methyl/N-ethyl adjacent to an activating group) is 3. The van der Waals surface area contributed by atoms with E-state index in [1.165, 1.54) is 6.08 Å². The van der Waals surface area contributed by atoms with Crippen LogP contribution >= 0.6 is 0 Å². The Morgan fingerprint density at radius 3 is 2.32 bits per heavy atom. The van der Waals surface area contributed by atoms with Gasteiger partial charge >= 0.3 is 6.03 Å². The van der Waals surface area contributed by atoms with E-state index in [1.54, 1.807) is 11.0 Å². The second-order valence-electron chi connectivity index (χ2n) is 6.51. The number of amides is 3. The van der Waals surface area contributed by atoms with Crippen LogP contribution in [0, 0.1) is 0 Å². The molecule has 1 saturated heterocycles. The van der Waals surface area contributed by atoms with Crippen LogP contribution in [0.2, 0.25) is 0 Å². The number of rotatable bonds is 10. The molecule has 10 nitrogen and oxygen atoms in total. The quantitative estimate of drug-likeness (QED) is 0.373. The molecule has 0 aromatic carbocycles. The highest BCUT2D eigenvalue weighted by atomic mass is 16.3. The number of aromatic nitrogens is 2. The average Bonchev–Trinajstić information content (AvgIpc) is 2.99. The molecule has 28 heavy (non-hydrogen) atoms. The highest BCUT2D eigenvalue weighted by Gasteiger charge is 2.23. The van der Waals surface area contributed by atoms with Crippen LogP contribution in [-0.2, 0) is 4.79 Å². The number of aliphatic hydroxyl groups is 1. The topological polar surface area (TPSA) is 114 Å². The van der Waals surface area contributed by atoms with Crippen molar-refractivity contribution in [3.8, 4) is 0 Å². The van der Waals surface area contributed by atoms with Crippen LogP contribution in [0.4, 0.5) is 16.6 Å². The van der Waals surface area contributed by atoms with Gasteiger partial charge in [-0.15, -0.1) is 0 Å². The lowest BCUT2D eigenvalue weighted by Crippen LogP contribution is -2.34. The third-order valence-electron chi connectivity index (χ3n) is 4.55. The first-order valence-corrected chi connectivity index (χ1v) is 9.36. The molecule has 3 N–H and O–H groups in total. The van der Waals surface area contributed by atoms with E-state index in [0.717, 1.165) is 26.2 Å². The lowest BCUT2D eigenvalue weighted by atomic mass is 10.3.